The van der Waals surface area contributed by atoms with E-state index < -0.39 is 16.7 Å². The number of benzene rings is 1. The fourth-order valence-electron chi connectivity index (χ4n) is 1.10. The van der Waals surface area contributed by atoms with Crippen molar-refractivity contribution in [3.8, 4) is 5.75 Å². The topological polar surface area (TPSA) is 32.3 Å². The smallest absolute Gasteiger partial charge is 0.578 e. The predicted octanol–water partition coefficient (Wildman–Crippen LogP) is 2.63. The molecule has 0 heterocycles. The van der Waals surface area contributed by atoms with Crippen molar-refractivity contribution in [2.24, 2.45) is 0 Å². The maximum atomic E-state index is 12.1. The summed E-state index contributed by atoms with van der Waals surface area (Å²) >= 11 is -2.98. The van der Waals surface area contributed by atoms with E-state index in [0.29, 0.717) is 11.3 Å². The molecule has 15 heavy (non-hydrogen) atoms. The maximum Gasteiger partial charge on any atom is 0.578 e. The molecule has 84 valence electrons. The van der Waals surface area contributed by atoms with Gasteiger partial charge >= 0.3 is 5.51 Å². The summed E-state index contributed by atoms with van der Waals surface area (Å²) in [6.07, 6.45) is 0. The van der Waals surface area contributed by atoms with Gasteiger partial charge in [0.25, 0.3) is 0 Å². The van der Waals surface area contributed by atoms with Crippen molar-refractivity contribution in [1.29, 1.82) is 0 Å². The van der Waals surface area contributed by atoms with E-state index in [9.17, 15) is 17.7 Å². The SMILES string of the molecule is COc1ccc([S+]([O-])C(F)(F)F)cc1C. The molecule has 0 aromatic heterocycles. The normalized spacial score (nSPS) is 13.7. The second kappa shape index (κ2) is 4.32. The van der Waals surface area contributed by atoms with E-state index in [2.05, 4.69) is 0 Å². The third-order valence-corrected chi connectivity index (χ3v) is 2.89. The lowest BCUT2D eigenvalue weighted by Gasteiger charge is -2.13. The Morgan fingerprint density at radius 2 is 1.93 bits per heavy atom. The van der Waals surface area contributed by atoms with Crippen LogP contribution in [0.15, 0.2) is 23.1 Å². The summed E-state index contributed by atoms with van der Waals surface area (Å²) < 4.78 is 52.2. The molecule has 1 aromatic rings. The van der Waals surface area contributed by atoms with Gasteiger partial charge in [-0.3, -0.25) is 0 Å². The second-order valence-corrected chi connectivity index (χ2v) is 4.32. The van der Waals surface area contributed by atoms with Gasteiger partial charge in [-0.2, -0.15) is 0 Å². The molecule has 0 amide bonds. The zero-order valence-electron chi connectivity index (χ0n) is 8.09. The summed E-state index contributed by atoms with van der Waals surface area (Å²) in [5, 5.41) is 0. The average molecular weight is 238 g/mol. The molecule has 0 aliphatic carbocycles. The molecular formula is C9H9F3O2S. The Morgan fingerprint density at radius 1 is 1.33 bits per heavy atom. The lowest BCUT2D eigenvalue weighted by molar-refractivity contribution is -0.0435. The predicted molar refractivity (Wildman–Crippen MR) is 50.2 cm³/mol. The zero-order valence-corrected chi connectivity index (χ0v) is 8.91. The van der Waals surface area contributed by atoms with Crippen LogP contribution in [-0.4, -0.2) is 17.2 Å². The first kappa shape index (κ1) is 12.2. The van der Waals surface area contributed by atoms with Crippen LogP contribution in [0.3, 0.4) is 0 Å². The van der Waals surface area contributed by atoms with Crippen LogP contribution in [0.2, 0.25) is 0 Å². The van der Waals surface area contributed by atoms with Crippen molar-refractivity contribution in [1.82, 2.24) is 0 Å². The molecule has 1 atom stereocenters. The largest absolute Gasteiger partial charge is 0.604 e. The molecule has 0 N–H and O–H groups in total. The van der Waals surface area contributed by atoms with Gasteiger partial charge < -0.3 is 9.29 Å². The van der Waals surface area contributed by atoms with E-state index in [1.165, 1.54) is 19.2 Å². The Morgan fingerprint density at radius 3 is 2.33 bits per heavy atom. The lowest BCUT2D eigenvalue weighted by Crippen LogP contribution is -2.23. The van der Waals surface area contributed by atoms with E-state index in [1.54, 1.807) is 6.92 Å². The number of ether oxygens (including phenoxy) is 1. The standard InChI is InChI=1S/C9H9F3O2S/c1-6-5-7(3-4-8(6)14-2)15(13)9(10,11)12/h3-5H,1-2H3. The number of methoxy groups -OCH3 is 1. The molecule has 1 aromatic carbocycles. The van der Waals surface area contributed by atoms with Gasteiger partial charge in [-0.15, -0.1) is 13.2 Å². The van der Waals surface area contributed by atoms with Crippen LogP contribution in [0, 0.1) is 6.92 Å². The molecule has 0 fully saturated rings. The third-order valence-electron chi connectivity index (χ3n) is 1.79. The fraction of sp³-hybridized carbons (Fsp3) is 0.333. The highest BCUT2D eigenvalue weighted by atomic mass is 32.2. The summed E-state index contributed by atoms with van der Waals surface area (Å²) in [5.41, 5.74) is -4.20. The van der Waals surface area contributed by atoms with Gasteiger partial charge in [-0.25, -0.2) is 0 Å². The Kier molecular flexibility index (Phi) is 3.51. The first-order valence-corrected chi connectivity index (χ1v) is 5.14. The van der Waals surface area contributed by atoms with Crippen molar-refractivity contribution in [3.05, 3.63) is 23.8 Å². The first-order valence-electron chi connectivity index (χ1n) is 3.99. The molecule has 1 rings (SSSR count). The van der Waals surface area contributed by atoms with E-state index in [4.69, 9.17) is 4.74 Å². The minimum Gasteiger partial charge on any atom is -0.604 e. The monoisotopic (exact) mass is 238 g/mol. The van der Waals surface area contributed by atoms with Crippen LogP contribution in [-0.2, 0) is 11.2 Å². The van der Waals surface area contributed by atoms with Crippen molar-refractivity contribution in [3.63, 3.8) is 0 Å². The number of halogens is 3. The Labute approximate surface area is 88.2 Å². The molecule has 2 nitrogen and oxygen atoms in total. The summed E-state index contributed by atoms with van der Waals surface area (Å²) in [4.78, 5) is -0.263. The van der Waals surface area contributed by atoms with Crippen LogP contribution < -0.4 is 4.74 Å². The number of hydrogen-bond donors (Lipinski definition) is 0. The van der Waals surface area contributed by atoms with Crippen LogP contribution >= 0.6 is 0 Å². The number of hydrogen-bond acceptors (Lipinski definition) is 2. The second-order valence-electron chi connectivity index (χ2n) is 2.85. The molecule has 0 spiro atoms. The van der Waals surface area contributed by atoms with E-state index in [1.807, 2.05) is 0 Å². The summed E-state index contributed by atoms with van der Waals surface area (Å²) in [6.45, 7) is 1.59. The average Bonchev–Trinajstić information content (AvgIpc) is 2.15. The highest BCUT2D eigenvalue weighted by Gasteiger charge is 2.46. The van der Waals surface area contributed by atoms with Crippen molar-refractivity contribution >= 4 is 11.2 Å². The third kappa shape index (κ3) is 2.79. The van der Waals surface area contributed by atoms with E-state index in [-0.39, 0.29) is 4.90 Å². The fourth-order valence-corrected chi connectivity index (χ4v) is 1.84. The van der Waals surface area contributed by atoms with E-state index >= 15 is 0 Å². The molecule has 0 saturated heterocycles. The van der Waals surface area contributed by atoms with Crippen LogP contribution in [0.4, 0.5) is 13.2 Å². The number of alkyl halides is 3. The van der Waals surface area contributed by atoms with Gasteiger partial charge in [-0.05, 0) is 24.6 Å². The van der Waals surface area contributed by atoms with Gasteiger partial charge in [0, 0.05) is 6.07 Å². The summed E-state index contributed by atoms with van der Waals surface area (Å²) in [5.74, 6) is 0.470. The first-order chi connectivity index (χ1) is 6.86. The lowest BCUT2D eigenvalue weighted by atomic mass is 10.2. The minimum atomic E-state index is -4.72. The summed E-state index contributed by atoms with van der Waals surface area (Å²) in [7, 11) is 1.42. The van der Waals surface area contributed by atoms with Crippen molar-refractivity contribution in [2.45, 2.75) is 17.3 Å². The molecule has 6 heteroatoms. The minimum absolute atomic E-state index is 0.263. The maximum absolute atomic E-state index is 12.1. The number of aryl methyl sites for hydroxylation is 1. The van der Waals surface area contributed by atoms with Crippen LogP contribution in [0.5, 0.6) is 5.75 Å². The quantitative estimate of drug-likeness (QED) is 0.742. The molecule has 0 aliphatic heterocycles. The van der Waals surface area contributed by atoms with Gasteiger partial charge in [0.1, 0.15) is 5.75 Å². The molecular weight excluding hydrogens is 229 g/mol. The molecule has 0 aliphatic rings. The highest BCUT2D eigenvalue weighted by Crippen LogP contribution is 2.32. The Balaban J connectivity index is 3.02. The molecule has 0 bridgehead atoms. The Hall–Kier alpha value is -0.880. The number of rotatable bonds is 2. The van der Waals surface area contributed by atoms with E-state index in [0.717, 1.165) is 6.07 Å². The van der Waals surface area contributed by atoms with Gasteiger partial charge in [0.2, 0.25) is 0 Å². The molecule has 1 unspecified atom stereocenters. The highest BCUT2D eigenvalue weighted by molar-refractivity contribution is 7.92. The van der Waals surface area contributed by atoms with Gasteiger partial charge in [0.15, 0.2) is 4.90 Å². The zero-order chi connectivity index (χ0) is 11.6. The van der Waals surface area contributed by atoms with Crippen molar-refractivity contribution < 1.29 is 22.5 Å². The summed E-state index contributed by atoms with van der Waals surface area (Å²) in [6, 6.07) is 3.73. The van der Waals surface area contributed by atoms with Crippen LogP contribution in [0.25, 0.3) is 0 Å². The van der Waals surface area contributed by atoms with Crippen LogP contribution in [0.1, 0.15) is 5.56 Å². The molecule has 0 radical (unpaired) electrons. The van der Waals surface area contributed by atoms with Crippen molar-refractivity contribution in [2.75, 3.05) is 7.11 Å². The Bertz CT molecular complexity index is 352. The molecule has 0 saturated carbocycles. The van der Waals surface area contributed by atoms with Gasteiger partial charge in [0.05, 0.1) is 18.3 Å². The van der Waals surface area contributed by atoms with Gasteiger partial charge in [-0.1, -0.05) is 0 Å².